The molecule has 5 heteroatoms. The molecule has 0 fully saturated rings. The van der Waals surface area contributed by atoms with E-state index in [0.717, 1.165) is 11.3 Å². The van der Waals surface area contributed by atoms with Gasteiger partial charge in [0.2, 0.25) is 5.91 Å². The minimum Gasteiger partial charge on any atom is -0.391 e. The van der Waals surface area contributed by atoms with Crippen molar-refractivity contribution >= 4 is 29.3 Å². The summed E-state index contributed by atoms with van der Waals surface area (Å²) in [6.07, 6.45) is 0.197. The van der Waals surface area contributed by atoms with Gasteiger partial charge in [-0.15, -0.1) is 11.8 Å². The maximum atomic E-state index is 11.5. The summed E-state index contributed by atoms with van der Waals surface area (Å²) >= 11 is 7.40. The molecule has 0 saturated carbocycles. The van der Waals surface area contributed by atoms with Crippen molar-refractivity contribution in [2.45, 2.75) is 25.2 Å². The zero-order chi connectivity index (χ0) is 13.4. The lowest BCUT2D eigenvalue weighted by Gasteiger charge is -2.09. The van der Waals surface area contributed by atoms with Gasteiger partial charge in [0.1, 0.15) is 0 Å². The van der Waals surface area contributed by atoms with Crippen LogP contribution in [0.25, 0.3) is 0 Å². The van der Waals surface area contributed by atoms with Gasteiger partial charge in [-0.2, -0.15) is 0 Å². The second-order valence-corrected chi connectivity index (χ2v) is 5.41. The van der Waals surface area contributed by atoms with Crippen molar-refractivity contribution in [1.82, 2.24) is 5.32 Å². The van der Waals surface area contributed by atoms with Gasteiger partial charge in [0.15, 0.2) is 0 Å². The Balaban J connectivity index is 2.19. The molecule has 1 rings (SSSR count). The number of amides is 1. The van der Waals surface area contributed by atoms with Gasteiger partial charge >= 0.3 is 0 Å². The standard InChI is InChI=1S/C13H18ClNO2S/c1-2-12(16)7-15-13(17)9-18-8-10-4-3-5-11(14)6-10/h3-6,12,16H,2,7-9H2,1H3,(H,15,17). The van der Waals surface area contributed by atoms with Gasteiger partial charge in [-0.1, -0.05) is 30.7 Å². The second-order valence-electron chi connectivity index (χ2n) is 3.99. The van der Waals surface area contributed by atoms with Crippen LogP contribution in [-0.4, -0.2) is 29.4 Å². The van der Waals surface area contributed by atoms with Crippen molar-refractivity contribution in [3.63, 3.8) is 0 Å². The van der Waals surface area contributed by atoms with E-state index in [1.54, 1.807) is 0 Å². The highest BCUT2D eigenvalue weighted by atomic mass is 35.5. The van der Waals surface area contributed by atoms with Crippen LogP contribution < -0.4 is 5.32 Å². The predicted octanol–water partition coefficient (Wildman–Crippen LogP) is 2.46. The first-order chi connectivity index (χ1) is 8.61. The van der Waals surface area contributed by atoms with Crippen LogP contribution in [-0.2, 0) is 10.5 Å². The zero-order valence-electron chi connectivity index (χ0n) is 10.4. The molecular weight excluding hydrogens is 270 g/mol. The first-order valence-corrected chi connectivity index (χ1v) is 7.42. The van der Waals surface area contributed by atoms with Crippen LogP contribution >= 0.6 is 23.4 Å². The predicted molar refractivity (Wildman–Crippen MR) is 76.9 cm³/mol. The maximum absolute atomic E-state index is 11.5. The Morgan fingerprint density at radius 2 is 2.33 bits per heavy atom. The van der Waals surface area contributed by atoms with Gasteiger partial charge in [0.25, 0.3) is 0 Å². The Morgan fingerprint density at radius 1 is 1.56 bits per heavy atom. The Morgan fingerprint density at radius 3 is 3.00 bits per heavy atom. The maximum Gasteiger partial charge on any atom is 0.230 e. The molecule has 3 nitrogen and oxygen atoms in total. The molecule has 0 heterocycles. The van der Waals surface area contributed by atoms with E-state index in [4.69, 9.17) is 11.6 Å². The summed E-state index contributed by atoms with van der Waals surface area (Å²) in [6, 6.07) is 7.61. The number of thioether (sulfide) groups is 1. The van der Waals surface area contributed by atoms with Gasteiger partial charge in [0.05, 0.1) is 11.9 Å². The number of halogens is 1. The lowest BCUT2D eigenvalue weighted by Crippen LogP contribution is -2.32. The van der Waals surface area contributed by atoms with Crippen molar-refractivity contribution < 1.29 is 9.90 Å². The smallest absolute Gasteiger partial charge is 0.230 e. The molecule has 0 bridgehead atoms. The summed E-state index contributed by atoms with van der Waals surface area (Å²) in [6.45, 7) is 2.21. The van der Waals surface area contributed by atoms with E-state index < -0.39 is 6.10 Å². The zero-order valence-corrected chi connectivity index (χ0v) is 11.9. The number of carbonyl (C=O) groups is 1. The number of aliphatic hydroxyl groups is 1. The first-order valence-electron chi connectivity index (χ1n) is 5.88. The lowest BCUT2D eigenvalue weighted by molar-refractivity contribution is -0.119. The van der Waals surface area contributed by atoms with E-state index in [9.17, 15) is 9.90 Å². The number of nitrogens with one attached hydrogen (secondary N) is 1. The number of aliphatic hydroxyl groups excluding tert-OH is 1. The molecule has 100 valence electrons. The van der Waals surface area contributed by atoms with Gasteiger partial charge in [-0.3, -0.25) is 4.79 Å². The number of rotatable bonds is 7. The van der Waals surface area contributed by atoms with E-state index in [0.29, 0.717) is 23.7 Å². The average Bonchev–Trinajstić information content (AvgIpc) is 2.36. The molecule has 0 aliphatic heterocycles. The second kappa shape index (κ2) is 8.40. The topological polar surface area (TPSA) is 49.3 Å². The Kier molecular flexibility index (Phi) is 7.16. The molecule has 0 aliphatic rings. The molecule has 2 N–H and O–H groups in total. The molecule has 1 aromatic rings. The van der Waals surface area contributed by atoms with Gasteiger partial charge in [0, 0.05) is 17.3 Å². The van der Waals surface area contributed by atoms with Crippen molar-refractivity contribution in [1.29, 1.82) is 0 Å². The van der Waals surface area contributed by atoms with E-state index in [1.165, 1.54) is 11.8 Å². The number of benzene rings is 1. The molecule has 0 radical (unpaired) electrons. The first kappa shape index (κ1) is 15.3. The molecule has 1 aromatic carbocycles. The average molecular weight is 288 g/mol. The fraction of sp³-hybridized carbons (Fsp3) is 0.462. The third kappa shape index (κ3) is 6.28. The number of hydrogen-bond acceptors (Lipinski definition) is 3. The summed E-state index contributed by atoms with van der Waals surface area (Å²) in [5.74, 6) is 1.10. The fourth-order valence-electron chi connectivity index (χ4n) is 1.32. The minimum absolute atomic E-state index is 0.0467. The van der Waals surface area contributed by atoms with Crippen molar-refractivity contribution in [3.8, 4) is 0 Å². The molecule has 0 spiro atoms. The Labute approximate surface area is 117 Å². The summed E-state index contributed by atoms with van der Waals surface area (Å²) in [4.78, 5) is 11.5. The number of hydrogen-bond donors (Lipinski definition) is 2. The quantitative estimate of drug-likeness (QED) is 0.810. The van der Waals surface area contributed by atoms with Gasteiger partial charge < -0.3 is 10.4 Å². The van der Waals surface area contributed by atoms with Crippen LogP contribution in [0.2, 0.25) is 5.02 Å². The van der Waals surface area contributed by atoms with Crippen molar-refractivity contribution in [2.24, 2.45) is 0 Å². The highest BCUT2D eigenvalue weighted by Crippen LogP contribution is 2.16. The van der Waals surface area contributed by atoms with Crippen molar-refractivity contribution in [3.05, 3.63) is 34.9 Å². The molecule has 0 aliphatic carbocycles. The van der Waals surface area contributed by atoms with Crippen molar-refractivity contribution in [2.75, 3.05) is 12.3 Å². The number of carbonyl (C=O) groups excluding carboxylic acids is 1. The summed E-state index contributed by atoms with van der Waals surface area (Å²) < 4.78 is 0. The molecule has 1 amide bonds. The summed E-state index contributed by atoms with van der Waals surface area (Å²) in [5.41, 5.74) is 1.11. The lowest BCUT2D eigenvalue weighted by atomic mass is 10.2. The van der Waals surface area contributed by atoms with Gasteiger partial charge in [-0.05, 0) is 24.1 Å². The van der Waals surface area contributed by atoms with Crippen LogP contribution in [0.3, 0.4) is 0 Å². The van der Waals surface area contributed by atoms with Crippen LogP contribution in [0.5, 0.6) is 0 Å². The molecule has 18 heavy (non-hydrogen) atoms. The minimum atomic E-state index is -0.452. The van der Waals surface area contributed by atoms with Crippen LogP contribution in [0, 0.1) is 0 Å². The largest absolute Gasteiger partial charge is 0.391 e. The summed E-state index contributed by atoms with van der Waals surface area (Å²) in [7, 11) is 0. The van der Waals surface area contributed by atoms with E-state index in [2.05, 4.69) is 5.32 Å². The SMILES string of the molecule is CCC(O)CNC(=O)CSCc1cccc(Cl)c1. The molecule has 0 saturated heterocycles. The van der Waals surface area contributed by atoms with E-state index in [-0.39, 0.29) is 5.91 Å². The normalized spacial score (nSPS) is 12.2. The summed E-state index contributed by atoms with van der Waals surface area (Å²) in [5, 5.41) is 12.7. The van der Waals surface area contributed by atoms with Crippen LogP contribution in [0.15, 0.2) is 24.3 Å². The molecular formula is C13H18ClNO2S. The monoisotopic (exact) mass is 287 g/mol. The third-order valence-electron chi connectivity index (χ3n) is 2.40. The fourth-order valence-corrected chi connectivity index (χ4v) is 2.33. The van der Waals surface area contributed by atoms with E-state index >= 15 is 0 Å². The Bertz CT molecular complexity index is 387. The molecule has 1 unspecified atom stereocenters. The highest BCUT2D eigenvalue weighted by molar-refractivity contribution is 7.99. The molecule has 0 aromatic heterocycles. The third-order valence-corrected chi connectivity index (χ3v) is 3.64. The highest BCUT2D eigenvalue weighted by Gasteiger charge is 2.05. The van der Waals surface area contributed by atoms with Crippen LogP contribution in [0.1, 0.15) is 18.9 Å². The Hall–Kier alpha value is -0.710. The van der Waals surface area contributed by atoms with Gasteiger partial charge in [-0.25, -0.2) is 0 Å². The van der Waals surface area contributed by atoms with E-state index in [1.807, 2.05) is 31.2 Å². The van der Waals surface area contributed by atoms with Crippen LogP contribution in [0.4, 0.5) is 0 Å². The molecule has 1 atom stereocenters.